The number of hydrogen-bond acceptors (Lipinski definition) is 6. The number of hydrogen-bond donors (Lipinski definition) is 1. The van der Waals surface area contributed by atoms with E-state index in [-0.39, 0.29) is 30.2 Å². The van der Waals surface area contributed by atoms with E-state index in [9.17, 15) is 14.4 Å². The van der Waals surface area contributed by atoms with Gasteiger partial charge in [-0.25, -0.2) is 9.78 Å². The molecular formula is C22H18N4O4. The second-order valence-electron chi connectivity index (χ2n) is 6.23. The summed E-state index contributed by atoms with van der Waals surface area (Å²) in [4.78, 5) is 40.3. The monoisotopic (exact) mass is 402 g/mol. The minimum absolute atomic E-state index is 0.113. The van der Waals surface area contributed by atoms with Gasteiger partial charge in [0.15, 0.2) is 0 Å². The predicted octanol–water partition coefficient (Wildman–Crippen LogP) is 2.51. The van der Waals surface area contributed by atoms with E-state index >= 15 is 0 Å². The Morgan fingerprint density at radius 2 is 1.93 bits per heavy atom. The molecule has 0 aliphatic carbocycles. The van der Waals surface area contributed by atoms with Crippen LogP contribution in [0.5, 0.6) is 0 Å². The Morgan fingerprint density at radius 1 is 1.20 bits per heavy atom. The Kier molecular flexibility index (Phi) is 6.35. The van der Waals surface area contributed by atoms with Gasteiger partial charge in [0, 0.05) is 5.69 Å². The average molecular weight is 402 g/mol. The van der Waals surface area contributed by atoms with E-state index in [1.54, 1.807) is 55.5 Å². The van der Waals surface area contributed by atoms with Crippen molar-refractivity contribution in [2.45, 2.75) is 13.5 Å². The molecule has 0 saturated heterocycles. The molecule has 0 aliphatic rings. The van der Waals surface area contributed by atoms with Crippen LogP contribution in [0, 0.1) is 11.3 Å². The number of nitrogens with one attached hydrogen (secondary N) is 1. The van der Waals surface area contributed by atoms with Crippen LogP contribution in [0.25, 0.3) is 17.1 Å². The number of aromatic nitrogens is 2. The van der Waals surface area contributed by atoms with E-state index in [4.69, 9.17) is 10.00 Å². The van der Waals surface area contributed by atoms with Crippen LogP contribution in [-0.2, 0) is 20.9 Å². The van der Waals surface area contributed by atoms with Crippen molar-refractivity contribution in [2.24, 2.45) is 0 Å². The molecule has 150 valence electrons. The smallest absolute Gasteiger partial charge is 0.348 e. The summed E-state index contributed by atoms with van der Waals surface area (Å²) in [7, 11) is 0. The maximum Gasteiger partial charge on any atom is 0.348 e. The molecule has 1 N–H and O–H groups in total. The van der Waals surface area contributed by atoms with Gasteiger partial charge < -0.3 is 10.1 Å². The van der Waals surface area contributed by atoms with Crippen LogP contribution in [0.1, 0.15) is 12.5 Å². The van der Waals surface area contributed by atoms with Crippen LogP contribution in [0.3, 0.4) is 0 Å². The van der Waals surface area contributed by atoms with Gasteiger partial charge >= 0.3 is 5.97 Å². The van der Waals surface area contributed by atoms with Crippen LogP contribution in [-0.4, -0.2) is 28.0 Å². The van der Waals surface area contributed by atoms with E-state index in [0.29, 0.717) is 22.3 Å². The van der Waals surface area contributed by atoms with Crippen molar-refractivity contribution < 1.29 is 14.3 Å². The molecule has 2 aromatic carbocycles. The number of nitriles is 1. The first-order chi connectivity index (χ1) is 14.5. The molecule has 0 saturated carbocycles. The molecule has 1 aromatic heterocycles. The Morgan fingerprint density at radius 3 is 2.63 bits per heavy atom. The number of rotatable bonds is 6. The summed E-state index contributed by atoms with van der Waals surface area (Å²) < 4.78 is 6.18. The quantitative estimate of drug-likeness (QED) is 0.385. The summed E-state index contributed by atoms with van der Waals surface area (Å²) in [6.45, 7) is 1.68. The number of esters is 1. The van der Waals surface area contributed by atoms with Gasteiger partial charge in [-0.2, -0.15) is 5.26 Å². The second kappa shape index (κ2) is 9.30. The summed E-state index contributed by atoms with van der Waals surface area (Å²) in [6.07, 6.45) is 2.60. The van der Waals surface area contributed by atoms with Gasteiger partial charge in [-0.05, 0) is 42.8 Å². The molecule has 0 fully saturated rings. The normalized spacial score (nSPS) is 11.0. The van der Waals surface area contributed by atoms with Crippen LogP contribution >= 0.6 is 0 Å². The van der Waals surface area contributed by atoms with Crippen molar-refractivity contribution in [1.82, 2.24) is 9.55 Å². The molecule has 0 atom stereocenters. The summed E-state index contributed by atoms with van der Waals surface area (Å²) in [5, 5.41) is 11.8. The van der Waals surface area contributed by atoms with Gasteiger partial charge in [-0.1, -0.05) is 24.3 Å². The fraction of sp³-hybridized carbons (Fsp3) is 0.136. The van der Waals surface area contributed by atoms with Gasteiger partial charge in [-0.15, -0.1) is 0 Å². The molecular weight excluding hydrogens is 384 g/mol. The predicted molar refractivity (Wildman–Crippen MR) is 111 cm³/mol. The van der Waals surface area contributed by atoms with Crippen molar-refractivity contribution in [3.05, 3.63) is 76.2 Å². The van der Waals surface area contributed by atoms with Gasteiger partial charge in [0.25, 0.3) is 5.56 Å². The molecule has 0 aliphatic heterocycles. The fourth-order valence-corrected chi connectivity index (χ4v) is 2.80. The maximum absolute atomic E-state index is 12.4. The third-order valence-electron chi connectivity index (χ3n) is 4.18. The van der Waals surface area contributed by atoms with Crippen molar-refractivity contribution >= 4 is 34.7 Å². The minimum Gasteiger partial charge on any atom is -0.462 e. The minimum atomic E-state index is -0.688. The number of amides is 1. The molecule has 0 unspecified atom stereocenters. The first-order valence-corrected chi connectivity index (χ1v) is 9.15. The van der Waals surface area contributed by atoms with Crippen molar-refractivity contribution in [3.8, 4) is 6.07 Å². The topological polar surface area (TPSA) is 114 Å². The Balaban J connectivity index is 1.73. The Labute approximate surface area is 172 Å². The first kappa shape index (κ1) is 20.5. The highest BCUT2D eigenvalue weighted by Crippen LogP contribution is 2.14. The fourth-order valence-electron chi connectivity index (χ4n) is 2.80. The van der Waals surface area contributed by atoms with Crippen molar-refractivity contribution in [3.63, 3.8) is 0 Å². The van der Waals surface area contributed by atoms with Gasteiger partial charge in [-0.3, -0.25) is 14.2 Å². The number of anilines is 1. The number of nitrogens with zero attached hydrogens (tertiary/aromatic N) is 3. The van der Waals surface area contributed by atoms with E-state index in [0.717, 1.165) is 0 Å². The molecule has 0 bridgehead atoms. The second-order valence-corrected chi connectivity index (χ2v) is 6.23. The zero-order valence-electron chi connectivity index (χ0n) is 16.2. The third-order valence-corrected chi connectivity index (χ3v) is 4.18. The van der Waals surface area contributed by atoms with E-state index in [2.05, 4.69) is 10.3 Å². The molecule has 3 aromatic rings. The number of carbonyl (C=O) groups is 2. The molecule has 3 rings (SSSR count). The molecule has 0 radical (unpaired) electrons. The number of carbonyl (C=O) groups excluding carboxylic acids is 2. The van der Waals surface area contributed by atoms with E-state index < -0.39 is 5.97 Å². The highest BCUT2D eigenvalue weighted by molar-refractivity contribution is 5.98. The van der Waals surface area contributed by atoms with Crippen LogP contribution in [0.4, 0.5) is 5.69 Å². The lowest BCUT2D eigenvalue weighted by Gasteiger charge is -2.10. The molecule has 0 spiro atoms. The van der Waals surface area contributed by atoms with Crippen LogP contribution < -0.4 is 10.9 Å². The maximum atomic E-state index is 12.4. The summed E-state index contributed by atoms with van der Waals surface area (Å²) in [5.41, 5.74) is 1.83. The highest BCUT2D eigenvalue weighted by Gasteiger charge is 2.11. The molecule has 8 nitrogen and oxygen atoms in total. The van der Waals surface area contributed by atoms with Gasteiger partial charge in [0.05, 0.1) is 23.8 Å². The lowest BCUT2D eigenvalue weighted by atomic mass is 10.1. The number of ether oxygens (including phenoxy) is 1. The SMILES string of the molecule is CCOC(=O)/C(C#N)=C\c1ccc(NC(=O)Cn2c(=O)cnc3ccccc32)cc1. The molecule has 30 heavy (non-hydrogen) atoms. The third kappa shape index (κ3) is 4.77. The van der Waals surface area contributed by atoms with E-state index in [1.807, 2.05) is 6.07 Å². The molecule has 1 heterocycles. The number of benzene rings is 2. The zero-order valence-corrected chi connectivity index (χ0v) is 16.2. The number of para-hydroxylation sites is 2. The lowest BCUT2D eigenvalue weighted by Crippen LogP contribution is -2.27. The summed E-state index contributed by atoms with van der Waals surface area (Å²) in [6, 6.07) is 15.5. The Hall–Kier alpha value is -4.25. The lowest BCUT2D eigenvalue weighted by molar-refractivity contribution is -0.137. The van der Waals surface area contributed by atoms with E-state index in [1.165, 1.54) is 16.8 Å². The van der Waals surface area contributed by atoms with Gasteiger partial charge in [0.1, 0.15) is 18.2 Å². The standard InChI is InChI=1S/C22H18N4O4/c1-2-30-22(29)16(12-23)11-15-7-9-17(10-8-15)25-20(27)14-26-19-6-4-3-5-18(19)24-13-21(26)28/h3-11,13H,2,14H2,1H3,(H,25,27)/b16-11-. The van der Waals surface area contributed by atoms with Crippen LogP contribution in [0.15, 0.2) is 65.1 Å². The zero-order chi connectivity index (χ0) is 21.5. The first-order valence-electron chi connectivity index (χ1n) is 9.15. The number of fused-ring (bicyclic) bond motifs is 1. The van der Waals surface area contributed by atoms with Crippen molar-refractivity contribution in [2.75, 3.05) is 11.9 Å². The van der Waals surface area contributed by atoms with Crippen molar-refractivity contribution in [1.29, 1.82) is 5.26 Å². The largest absolute Gasteiger partial charge is 0.462 e. The molecule has 8 heteroatoms. The Bertz CT molecular complexity index is 1220. The molecule has 1 amide bonds. The summed E-state index contributed by atoms with van der Waals surface area (Å²) in [5.74, 6) is -1.06. The average Bonchev–Trinajstić information content (AvgIpc) is 2.75. The van der Waals surface area contributed by atoms with Crippen LogP contribution in [0.2, 0.25) is 0 Å². The highest BCUT2D eigenvalue weighted by atomic mass is 16.5. The summed E-state index contributed by atoms with van der Waals surface area (Å²) >= 11 is 0. The van der Waals surface area contributed by atoms with Gasteiger partial charge in [0.2, 0.25) is 5.91 Å².